The predicted molar refractivity (Wildman–Crippen MR) is 130 cm³/mol. The molecule has 178 valence electrons. The zero-order chi connectivity index (χ0) is 24.0. The normalized spacial score (nSPS) is 20.9. The first-order chi connectivity index (χ1) is 16.3. The van der Waals surface area contributed by atoms with E-state index in [0.717, 1.165) is 41.0 Å². The third-order valence-corrected chi connectivity index (χ3v) is 7.67. The molecule has 0 aliphatic carbocycles. The Hall–Kier alpha value is -2.95. The second-order valence-electron chi connectivity index (χ2n) is 8.93. The smallest absolute Gasteiger partial charge is 0.280 e. The second kappa shape index (κ2) is 9.01. The van der Waals surface area contributed by atoms with Gasteiger partial charge < -0.3 is 25.4 Å². The van der Waals surface area contributed by atoms with Gasteiger partial charge in [0.1, 0.15) is 5.69 Å². The number of hydrogen-bond donors (Lipinski definition) is 3. The first kappa shape index (κ1) is 22.8. The number of thiazole rings is 1. The summed E-state index contributed by atoms with van der Waals surface area (Å²) >= 11 is 7.45. The van der Waals surface area contributed by atoms with Gasteiger partial charge in [-0.2, -0.15) is 0 Å². The number of aromatic nitrogens is 2. The van der Waals surface area contributed by atoms with Crippen LogP contribution >= 0.6 is 22.9 Å². The molecule has 0 radical (unpaired) electrons. The molecule has 11 heteroatoms. The van der Waals surface area contributed by atoms with E-state index in [-0.39, 0.29) is 24.1 Å². The van der Waals surface area contributed by atoms with Crippen LogP contribution in [0.3, 0.4) is 0 Å². The largest absolute Gasteiger partial charge is 0.351 e. The molecule has 3 amide bonds. The van der Waals surface area contributed by atoms with Gasteiger partial charge in [0, 0.05) is 60.3 Å². The number of rotatable bonds is 4. The highest BCUT2D eigenvalue weighted by Gasteiger charge is 2.35. The molecule has 1 fully saturated rings. The quantitative estimate of drug-likeness (QED) is 0.507. The van der Waals surface area contributed by atoms with Crippen LogP contribution in [0.1, 0.15) is 37.3 Å². The second-order valence-corrected chi connectivity index (χ2v) is 10.4. The summed E-state index contributed by atoms with van der Waals surface area (Å²) in [6, 6.07) is 6.06. The molecule has 0 spiro atoms. The number of aromatic amines is 1. The highest BCUT2D eigenvalue weighted by molar-refractivity contribution is 7.13. The molecule has 34 heavy (non-hydrogen) atoms. The van der Waals surface area contributed by atoms with E-state index in [1.165, 1.54) is 11.3 Å². The van der Waals surface area contributed by atoms with Crippen molar-refractivity contribution in [3.8, 4) is 0 Å². The van der Waals surface area contributed by atoms with E-state index in [4.69, 9.17) is 11.6 Å². The molecule has 3 aromatic rings. The lowest BCUT2D eigenvalue weighted by Crippen LogP contribution is -2.61. The Balaban J connectivity index is 1.32. The zero-order valence-corrected chi connectivity index (χ0v) is 20.4. The minimum absolute atomic E-state index is 0.0908. The average molecular weight is 501 g/mol. The van der Waals surface area contributed by atoms with Crippen LogP contribution in [0.2, 0.25) is 5.02 Å². The summed E-state index contributed by atoms with van der Waals surface area (Å²) < 4.78 is 0. The molecule has 3 N–H and O–H groups in total. The van der Waals surface area contributed by atoms with E-state index in [9.17, 15) is 14.4 Å². The fourth-order valence-corrected chi connectivity index (χ4v) is 5.70. The van der Waals surface area contributed by atoms with Crippen molar-refractivity contribution in [2.75, 3.05) is 27.2 Å². The predicted octanol–water partition coefficient (Wildman–Crippen LogP) is 2.02. The summed E-state index contributed by atoms with van der Waals surface area (Å²) in [6.07, 6.45) is 0.920. The van der Waals surface area contributed by atoms with Gasteiger partial charge >= 0.3 is 0 Å². The van der Waals surface area contributed by atoms with Crippen molar-refractivity contribution >= 4 is 51.6 Å². The van der Waals surface area contributed by atoms with E-state index in [1.807, 2.05) is 13.1 Å². The lowest BCUT2D eigenvalue weighted by Gasteiger charge is -2.36. The number of likely N-dealkylation sites (tertiary alicyclic amines) is 1. The topological polar surface area (TPSA) is 110 Å². The van der Waals surface area contributed by atoms with Gasteiger partial charge in [0.25, 0.3) is 11.8 Å². The lowest BCUT2D eigenvalue weighted by atomic mass is 9.98. The number of nitrogens with zero attached hydrogens (tertiary/aromatic N) is 3. The van der Waals surface area contributed by atoms with Crippen molar-refractivity contribution in [1.82, 2.24) is 30.4 Å². The van der Waals surface area contributed by atoms with Gasteiger partial charge in [-0.05, 0) is 31.3 Å². The summed E-state index contributed by atoms with van der Waals surface area (Å²) in [7, 11) is 3.74. The maximum atomic E-state index is 13.0. The Bertz CT molecular complexity index is 1290. The summed E-state index contributed by atoms with van der Waals surface area (Å²) in [5, 5.41) is 7.76. The van der Waals surface area contributed by atoms with Crippen LogP contribution in [0, 0.1) is 0 Å². The first-order valence-corrected chi connectivity index (χ1v) is 12.3. The standard InChI is InChI=1S/C23H25ClN6O3S/c1-29-6-5-15-19(11-29)34-23(28-15)22(33)27-18-10-30(2)20(31)9-16(18)26-21(32)17-8-12-7-13(24)3-4-14(12)25-17/h3-4,7-8,16,18,25H,5-6,9-11H2,1-2H3,(H,26,32)(H,27,33)/t16-,18-/m1/s1. The Morgan fingerprint density at radius 2 is 1.97 bits per heavy atom. The Kier molecular flexibility index (Phi) is 6.05. The van der Waals surface area contributed by atoms with Gasteiger partial charge in [-0.15, -0.1) is 11.3 Å². The SMILES string of the molecule is CN1CCc2nc(C(=O)N[C@@H]3CN(C)C(=O)C[C@H]3NC(=O)c3cc4cc(Cl)ccc4[nH]3)sc2C1. The van der Waals surface area contributed by atoms with Gasteiger partial charge in [0.2, 0.25) is 5.91 Å². The van der Waals surface area contributed by atoms with Crippen molar-refractivity contribution in [1.29, 1.82) is 0 Å². The van der Waals surface area contributed by atoms with Crippen LogP contribution in [0.5, 0.6) is 0 Å². The van der Waals surface area contributed by atoms with Crippen molar-refractivity contribution in [3.05, 3.63) is 50.6 Å². The number of likely N-dealkylation sites (N-methyl/N-ethyl adjacent to an activating group) is 2. The molecule has 2 atom stereocenters. The summed E-state index contributed by atoms with van der Waals surface area (Å²) in [4.78, 5) is 50.9. The highest BCUT2D eigenvalue weighted by Crippen LogP contribution is 2.25. The van der Waals surface area contributed by atoms with Gasteiger partial charge in [-0.1, -0.05) is 11.6 Å². The van der Waals surface area contributed by atoms with Gasteiger partial charge in [0.05, 0.1) is 17.8 Å². The van der Waals surface area contributed by atoms with Crippen molar-refractivity contribution in [3.63, 3.8) is 0 Å². The van der Waals surface area contributed by atoms with Gasteiger partial charge in [-0.3, -0.25) is 14.4 Å². The van der Waals surface area contributed by atoms with Crippen LogP contribution in [0.25, 0.3) is 10.9 Å². The minimum Gasteiger partial charge on any atom is -0.351 e. The third-order valence-electron chi connectivity index (χ3n) is 6.35. The number of hydrogen-bond acceptors (Lipinski definition) is 6. The summed E-state index contributed by atoms with van der Waals surface area (Å²) in [5.74, 6) is -0.719. The summed E-state index contributed by atoms with van der Waals surface area (Å²) in [5.41, 5.74) is 2.13. The number of amides is 3. The average Bonchev–Trinajstić information content (AvgIpc) is 3.40. The number of fused-ring (bicyclic) bond motifs is 2. The Morgan fingerprint density at radius 3 is 2.79 bits per heavy atom. The molecule has 1 aromatic carbocycles. The van der Waals surface area contributed by atoms with E-state index in [1.54, 1.807) is 30.1 Å². The molecular weight excluding hydrogens is 476 g/mol. The van der Waals surface area contributed by atoms with Crippen molar-refractivity contribution in [2.45, 2.75) is 31.5 Å². The summed E-state index contributed by atoms with van der Waals surface area (Å²) in [6.45, 7) is 2.00. The molecular formula is C23H25ClN6O3S. The molecule has 1 saturated heterocycles. The zero-order valence-electron chi connectivity index (χ0n) is 18.9. The monoisotopic (exact) mass is 500 g/mol. The van der Waals surface area contributed by atoms with Crippen molar-refractivity contribution < 1.29 is 14.4 Å². The number of nitrogens with one attached hydrogen (secondary N) is 3. The number of carbonyl (C=O) groups is 3. The molecule has 2 aromatic heterocycles. The fourth-order valence-electron chi connectivity index (χ4n) is 4.43. The lowest BCUT2D eigenvalue weighted by molar-refractivity contribution is -0.133. The molecule has 5 rings (SSSR count). The first-order valence-electron chi connectivity index (χ1n) is 11.1. The Morgan fingerprint density at radius 1 is 1.18 bits per heavy atom. The van der Waals surface area contributed by atoms with Crippen LogP contribution in [-0.2, 0) is 17.8 Å². The number of benzene rings is 1. The van der Waals surface area contributed by atoms with Crippen LogP contribution in [-0.4, -0.2) is 76.8 Å². The van der Waals surface area contributed by atoms with Crippen molar-refractivity contribution in [2.24, 2.45) is 0 Å². The maximum absolute atomic E-state index is 13.0. The fraction of sp³-hybridized carbons (Fsp3) is 0.391. The van der Waals surface area contributed by atoms with Gasteiger partial charge in [-0.25, -0.2) is 4.98 Å². The van der Waals surface area contributed by atoms with E-state index in [0.29, 0.717) is 22.3 Å². The molecule has 0 saturated carbocycles. The van der Waals surface area contributed by atoms with Crippen LogP contribution in [0.4, 0.5) is 0 Å². The molecule has 2 aliphatic rings. The van der Waals surface area contributed by atoms with Gasteiger partial charge in [0.15, 0.2) is 5.01 Å². The maximum Gasteiger partial charge on any atom is 0.280 e. The molecule has 0 unspecified atom stereocenters. The number of halogens is 1. The van der Waals surface area contributed by atoms with Crippen LogP contribution in [0.15, 0.2) is 24.3 Å². The van der Waals surface area contributed by atoms with E-state index < -0.39 is 12.1 Å². The molecule has 9 nitrogen and oxygen atoms in total. The number of piperidine rings is 1. The molecule has 0 bridgehead atoms. The molecule has 2 aliphatic heterocycles. The van der Waals surface area contributed by atoms with E-state index >= 15 is 0 Å². The Labute approximate surface area is 205 Å². The highest BCUT2D eigenvalue weighted by atomic mass is 35.5. The molecule has 4 heterocycles. The minimum atomic E-state index is -0.545. The third kappa shape index (κ3) is 4.53. The number of carbonyl (C=O) groups excluding carboxylic acids is 3. The van der Waals surface area contributed by atoms with Crippen LogP contribution < -0.4 is 10.6 Å². The number of H-pyrrole nitrogens is 1. The van der Waals surface area contributed by atoms with E-state index in [2.05, 4.69) is 25.5 Å².